The van der Waals surface area contributed by atoms with Gasteiger partial charge in [0.25, 0.3) is 0 Å². The first kappa shape index (κ1) is 22.7. The van der Waals surface area contributed by atoms with Gasteiger partial charge in [0.05, 0.1) is 19.1 Å². The number of aryl methyl sites for hydroxylation is 2. The second-order valence-electron chi connectivity index (χ2n) is 6.83. The number of primary amides is 1. The molecule has 0 bridgehead atoms. The van der Waals surface area contributed by atoms with Crippen molar-refractivity contribution in [3.63, 3.8) is 0 Å². The van der Waals surface area contributed by atoms with E-state index in [2.05, 4.69) is 10.6 Å². The maximum atomic E-state index is 12.5. The summed E-state index contributed by atoms with van der Waals surface area (Å²) in [6, 6.07) is 1.62. The van der Waals surface area contributed by atoms with E-state index in [9.17, 15) is 24.3 Å². The summed E-state index contributed by atoms with van der Waals surface area (Å²) in [4.78, 5) is 46.9. The van der Waals surface area contributed by atoms with Crippen LogP contribution in [0.1, 0.15) is 29.5 Å². The van der Waals surface area contributed by atoms with Crippen molar-refractivity contribution in [3.8, 4) is 5.75 Å². The second kappa shape index (κ2) is 9.77. The largest absolute Gasteiger partial charge is 0.496 e. The molecule has 30 heavy (non-hydrogen) atoms. The minimum atomic E-state index is -1.22. The van der Waals surface area contributed by atoms with Crippen molar-refractivity contribution in [2.24, 2.45) is 5.73 Å². The molecule has 2 rings (SSSR count). The molecule has 0 saturated heterocycles. The number of amides is 3. The summed E-state index contributed by atoms with van der Waals surface area (Å²) >= 11 is 0. The van der Waals surface area contributed by atoms with Crippen LogP contribution in [-0.2, 0) is 16.0 Å². The van der Waals surface area contributed by atoms with Crippen molar-refractivity contribution in [1.29, 1.82) is 0 Å². The lowest BCUT2D eigenvalue weighted by atomic mass is 10.0. The smallest absolute Gasteiger partial charge is 0.340 e. The van der Waals surface area contributed by atoms with E-state index >= 15 is 0 Å². The molecule has 0 aliphatic carbocycles. The van der Waals surface area contributed by atoms with Crippen LogP contribution in [0.4, 0.5) is 4.79 Å². The number of aliphatic carboxylic acids is 1. The van der Waals surface area contributed by atoms with E-state index in [-0.39, 0.29) is 24.9 Å². The Bertz CT molecular complexity index is 1030. The normalized spacial score (nSPS) is 11.7. The number of nitrogens with one attached hydrogen (secondary N) is 2. The van der Waals surface area contributed by atoms with Crippen molar-refractivity contribution >= 4 is 28.9 Å². The van der Waals surface area contributed by atoms with Gasteiger partial charge in [-0.05, 0) is 44.4 Å². The highest BCUT2D eigenvalue weighted by Crippen LogP contribution is 2.29. The number of carboxylic acids is 1. The number of hydrogen-bond donors (Lipinski definition) is 4. The zero-order chi connectivity index (χ0) is 22.4. The average Bonchev–Trinajstić information content (AvgIpc) is 2.68. The molecule has 0 radical (unpaired) electrons. The van der Waals surface area contributed by atoms with E-state index in [1.807, 2.05) is 0 Å². The number of carboxylic acid groups (broad SMARTS) is 1. The molecule has 10 nitrogen and oxygen atoms in total. The van der Waals surface area contributed by atoms with Crippen LogP contribution in [0.5, 0.6) is 5.75 Å². The number of carbonyl (C=O) groups excluding carboxylic acids is 2. The number of urea groups is 1. The summed E-state index contributed by atoms with van der Waals surface area (Å²) in [6.07, 6.45) is 0.0720. The van der Waals surface area contributed by atoms with Gasteiger partial charge in [-0.25, -0.2) is 14.4 Å². The SMILES string of the molecule is COc1ccc2c(C)c(CC(=O)N[C@@H](CCCNC(N)=O)C(=O)O)c(=O)oc2c1C. The van der Waals surface area contributed by atoms with Gasteiger partial charge in [-0.15, -0.1) is 0 Å². The lowest BCUT2D eigenvalue weighted by molar-refractivity contribution is -0.141. The zero-order valence-corrected chi connectivity index (χ0v) is 17.0. The van der Waals surface area contributed by atoms with Gasteiger partial charge < -0.3 is 30.6 Å². The molecule has 1 aromatic carbocycles. The molecule has 0 fully saturated rings. The topological polar surface area (TPSA) is 161 Å². The van der Waals surface area contributed by atoms with Crippen LogP contribution in [0.2, 0.25) is 0 Å². The quantitative estimate of drug-likeness (QED) is 0.348. The highest BCUT2D eigenvalue weighted by molar-refractivity contribution is 5.88. The molecular formula is C20H25N3O7. The highest BCUT2D eigenvalue weighted by atomic mass is 16.5. The average molecular weight is 419 g/mol. The Morgan fingerprint density at radius 1 is 1.23 bits per heavy atom. The molecule has 10 heteroatoms. The van der Waals surface area contributed by atoms with Crippen molar-refractivity contribution in [2.45, 2.75) is 39.2 Å². The summed E-state index contributed by atoms with van der Waals surface area (Å²) in [7, 11) is 1.51. The molecule has 3 amide bonds. The van der Waals surface area contributed by atoms with Crippen LogP contribution >= 0.6 is 0 Å². The van der Waals surface area contributed by atoms with E-state index in [1.165, 1.54) is 7.11 Å². The van der Waals surface area contributed by atoms with Crippen LogP contribution < -0.4 is 26.7 Å². The van der Waals surface area contributed by atoms with Crippen LogP contribution in [0.3, 0.4) is 0 Å². The molecule has 162 valence electrons. The van der Waals surface area contributed by atoms with Crippen LogP contribution in [0.25, 0.3) is 11.0 Å². The Labute approximate surface area is 172 Å². The Morgan fingerprint density at radius 2 is 1.93 bits per heavy atom. The number of fused-ring (bicyclic) bond motifs is 1. The number of ether oxygens (including phenoxy) is 1. The van der Waals surface area contributed by atoms with E-state index in [4.69, 9.17) is 14.9 Å². The molecular weight excluding hydrogens is 394 g/mol. The van der Waals surface area contributed by atoms with Crippen molar-refractivity contribution in [2.75, 3.05) is 13.7 Å². The Morgan fingerprint density at radius 3 is 2.53 bits per heavy atom. The maximum Gasteiger partial charge on any atom is 0.340 e. The van der Waals surface area contributed by atoms with Gasteiger partial charge >= 0.3 is 17.6 Å². The fraction of sp³-hybridized carbons (Fsp3) is 0.400. The van der Waals surface area contributed by atoms with Gasteiger partial charge in [-0.2, -0.15) is 0 Å². The summed E-state index contributed by atoms with van der Waals surface area (Å²) in [5.74, 6) is -1.26. The number of nitrogens with two attached hydrogens (primary N) is 1. The van der Waals surface area contributed by atoms with Gasteiger partial charge in [-0.1, -0.05) is 0 Å². The number of hydrogen-bond acceptors (Lipinski definition) is 6. The number of benzene rings is 1. The van der Waals surface area contributed by atoms with E-state index in [0.29, 0.717) is 34.3 Å². The van der Waals surface area contributed by atoms with Gasteiger partial charge in [0.1, 0.15) is 17.4 Å². The van der Waals surface area contributed by atoms with Crippen molar-refractivity contribution in [3.05, 3.63) is 39.2 Å². The summed E-state index contributed by atoms with van der Waals surface area (Å²) in [5.41, 5.74) is 6.07. The van der Waals surface area contributed by atoms with Crippen LogP contribution in [0, 0.1) is 13.8 Å². The third kappa shape index (κ3) is 5.28. The molecule has 0 aliphatic rings. The molecule has 0 saturated carbocycles. The first-order chi connectivity index (χ1) is 14.1. The molecule has 5 N–H and O–H groups in total. The lowest BCUT2D eigenvalue weighted by Gasteiger charge is -2.15. The first-order valence-electron chi connectivity index (χ1n) is 9.31. The Hall–Kier alpha value is -3.56. The zero-order valence-electron chi connectivity index (χ0n) is 17.0. The first-order valence-corrected chi connectivity index (χ1v) is 9.31. The second-order valence-corrected chi connectivity index (χ2v) is 6.83. The number of carbonyl (C=O) groups is 3. The molecule has 1 aromatic heterocycles. The maximum absolute atomic E-state index is 12.5. The molecule has 0 spiro atoms. The minimum Gasteiger partial charge on any atom is -0.496 e. The van der Waals surface area contributed by atoms with Crippen LogP contribution in [-0.4, -0.2) is 42.7 Å². The number of rotatable bonds is 9. The van der Waals surface area contributed by atoms with Crippen molar-refractivity contribution in [1.82, 2.24) is 10.6 Å². The standard InChI is InChI=1S/C20H25N3O7/c1-10-12-6-7-15(29-3)11(2)17(12)30-19(27)13(10)9-16(24)23-14(18(25)26)5-4-8-22-20(21)28/h6-7,14H,4-5,8-9H2,1-3H3,(H,23,24)(H,25,26)(H3,21,22,28)/t14-/m0/s1. The molecule has 0 unspecified atom stereocenters. The summed E-state index contributed by atoms with van der Waals surface area (Å²) in [6.45, 7) is 3.66. The van der Waals surface area contributed by atoms with E-state index in [0.717, 1.165) is 0 Å². The van der Waals surface area contributed by atoms with Crippen LogP contribution in [0.15, 0.2) is 21.3 Å². The van der Waals surface area contributed by atoms with Gasteiger partial charge in [0.2, 0.25) is 5.91 Å². The summed E-state index contributed by atoms with van der Waals surface area (Å²) < 4.78 is 10.7. The lowest BCUT2D eigenvalue weighted by Crippen LogP contribution is -2.42. The van der Waals surface area contributed by atoms with Crippen molar-refractivity contribution < 1.29 is 28.6 Å². The summed E-state index contributed by atoms with van der Waals surface area (Å²) in [5, 5.41) is 14.7. The van der Waals surface area contributed by atoms with Gasteiger partial charge in [0, 0.05) is 17.5 Å². The molecule has 0 aliphatic heterocycles. The Kier molecular flexibility index (Phi) is 7.40. The molecule has 1 atom stereocenters. The monoisotopic (exact) mass is 419 g/mol. The fourth-order valence-electron chi connectivity index (χ4n) is 3.18. The highest BCUT2D eigenvalue weighted by Gasteiger charge is 2.22. The third-order valence-electron chi connectivity index (χ3n) is 4.81. The fourth-order valence-corrected chi connectivity index (χ4v) is 3.18. The predicted molar refractivity (Wildman–Crippen MR) is 109 cm³/mol. The molecule has 2 aromatic rings. The van der Waals surface area contributed by atoms with E-state index < -0.39 is 29.6 Å². The van der Waals surface area contributed by atoms with Gasteiger partial charge in [-0.3, -0.25) is 4.79 Å². The molecule has 1 heterocycles. The van der Waals surface area contributed by atoms with Gasteiger partial charge in [0.15, 0.2) is 0 Å². The number of methoxy groups -OCH3 is 1. The minimum absolute atomic E-state index is 0.0889. The predicted octanol–water partition coefficient (Wildman–Crippen LogP) is 0.979. The Balaban J connectivity index is 2.18. The van der Waals surface area contributed by atoms with E-state index in [1.54, 1.807) is 26.0 Å². The third-order valence-corrected chi connectivity index (χ3v) is 4.81.